The first-order valence-corrected chi connectivity index (χ1v) is 9.11. The summed E-state index contributed by atoms with van der Waals surface area (Å²) < 4.78 is 16.6. The fraction of sp³-hybridized carbons (Fsp3) is 0.217. The van der Waals surface area contributed by atoms with Crippen molar-refractivity contribution < 1.29 is 14.2 Å². The van der Waals surface area contributed by atoms with E-state index in [4.69, 9.17) is 14.2 Å². The van der Waals surface area contributed by atoms with Crippen molar-refractivity contribution in [2.24, 2.45) is 0 Å². The first-order chi connectivity index (χ1) is 13.3. The predicted molar refractivity (Wildman–Crippen MR) is 109 cm³/mol. The Morgan fingerprint density at radius 2 is 1.26 bits per heavy atom. The van der Waals surface area contributed by atoms with Gasteiger partial charge < -0.3 is 19.5 Å². The molecule has 0 aliphatic carbocycles. The van der Waals surface area contributed by atoms with E-state index in [1.807, 2.05) is 66.7 Å². The third-order valence-electron chi connectivity index (χ3n) is 4.12. The summed E-state index contributed by atoms with van der Waals surface area (Å²) in [5, 5.41) is 3.34. The maximum Gasteiger partial charge on any atom is 0.119 e. The maximum absolute atomic E-state index is 5.80. The molecule has 0 saturated heterocycles. The summed E-state index contributed by atoms with van der Waals surface area (Å²) >= 11 is 0. The van der Waals surface area contributed by atoms with Gasteiger partial charge in [-0.25, -0.2) is 0 Å². The normalized spacial score (nSPS) is 10.3. The molecule has 0 aliphatic rings. The zero-order valence-corrected chi connectivity index (χ0v) is 15.6. The molecule has 0 unspecified atom stereocenters. The molecule has 0 radical (unpaired) electrons. The van der Waals surface area contributed by atoms with Crippen molar-refractivity contribution in [2.45, 2.75) is 6.42 Å². The first kappa shape index (κ1) is 18.6. The zero-order valence-electron chi connectivity index (χ0n) is 15.6. The molecular weight excluding hydrogens is 338 g/mol. The van der Waals surface area contributed by atoms with Crippen molar-refractivity contribution in [3.8, 4) is 17.2 Å². The molecule has 0 bridgehead atoms. The molecule has 140 valence electrons. The Labute approximate surface area is 160 Å². The summed E-state index contributed by atoms with van der Waals surface area (Å²) in [5.41, 5.74) is 2.33. The van der Waals surface area contributed by atoms with E-state index >= 15 is 0 Å². The van der Waals surface area contributed by atoms with E-state index in [0.717, 1.165) is 35.9 Å². The third kappa shape index (κ3) is 6.26. The number of anilines is 1. The van der Waals surface area contributed by atoms with Crippen LogP contribution in [0.5, 0.6) is 17.2 Å². The number of ether oxygens (including phenoxy) is 3. The van der Waals surface area contributed by atoms with Crippen LogP contribution in [0.3, 0.4) is 0 Å². The zero-order chi connectivity index (χ0) is 18.7. The van der Waals surface area contributed by atoms with Gasteiger partial charge in [-0.15, -0.1) is 0 Å². The second kappa shape index (κ2) is 10.1. The van der Waals surface area contributed by atoms with Gasteiger partial charge in [0.1, 0.15) is 23.9 Å². The van der Waals surface area contributed by atoms with Gasteiger partial charge in [-0.2, -0.15) is 0 Å². The summed E-state index contributed by atoms with van der Waals surface area (Å²) in [4.78, 5) is 0. The molecule has 4 heteroatoms. The van der Waals surface area contributed by atoms with Crippen LogP contribution in [0.25, 0.3) is 0 Å². The number of rotatable bonds is 10. The molecule has 0 aliphatic heterocycles. The quantitative estimate of drug-likeness (QED) is 0.525. The van der Waals surface area contributed by atoms with Gasteiger partial charge in [0.15, 0.2) is 0 Å². The molecule has 0 spiro atoms. The third-order valence-corrected chi connectivity index (χ3v) is 4.12. The van der Waals surface area contributed by atoms with Crippen LogP contribution in [0.2, 0.25) is 0 Å². The van der Waals surface area contributed by atoms with Crippen molar-refractivity contribution in [2.75, 3.05) is 32.2 Å². The van der Waals surface area contributed by atoms with Gasteiger partial charge >= 0.3 is 0 Å². The van der Waals surface area contributed by atoms with Gasteiger partial charge in [-0.1, -0.05) is 30.3 Å². The van der Waals surface area contributed by atoms with E-state index in [1.165, 1.54) is 5.56 Å². The highest BCUT2D eigenvalue weighted by atomic mass is 16.5. The molecule has 3 aromatic carbocycles. The van der Waals surface area contributed by atoms with E-state index in [9.17, 15) is 0 Å². The van der Waals surface area contributed by atoms with E-state index in [0.29, 0.717) is 13.2 Å². The molecule has 0 aromatic heterocycles. The van der Waals surface area contributed by atoms with Gasteiger partial charge in [0.25, 0.3) is 0 Å². The topological polar surface area (TPSA) is 39.7 Å². The van der Waals surface area contributed by atoms with Crippen molar-refractivity contribution in [3.05, 3.63) is 84.4 Å². The average Bonchev–Trinajstić information content (AvgIpc) is 2.73. The molecule has 0 atom stereocenters. The minimum absolute atomic E-state index is 0.585. The predicted octanol–water partition coefficient (Wildman–Crippen LogP) is 4.81. The van der Waals surface area contributed by atoms with E-state index in [1.54, 1.807) is 7.11 Å². The summed E-state index contributed by atoms with van der Waals surface area (Å²) in [6.07, 6.45) is 0.906. The number of benzene rings is 3. The van der Waals surface area contributed by atoms with Crippen LogP contribution in [0, 0.1) is 0 Å². The van der Waals surface area contributed by atoms with Gasteiger partial charge in [-0.3, -0.25) is 0 Å². The van der Waals surface area contributed by atoms with Crippen LogP contribution in [-0.2, 0) is 6.42 Å². The lowest BCUT2D eigenvalue weighted by atomic mass is 10.2. The van der Waals surface area contributed by atoms with Crippen LogP contribution in [0.1, 0.15) is 5.56 Å². The van der Waals surface area contributed by atoms with Crippen molar-refractivity contribution in [3.63, 3.8) is 0 Å². The number of hydrogen-bond donors (Lipinski definition) is 1. The van der Waals surface area contributed by atoms with Crippen LogP contribution < -0.4 is 19.5 Å². The van der Waals surface area contributed by atoms with Crippen molar-refractivity contribution >= 4 is 5.69 Å². The van der Waals surface area contributed by atoms with Crippen LogP contribution >= 0.6 is 0 Å². The molecule has 0 amide bonds. The highest BCUT2D eigenvalue weighted by molar-refractivity contribution is 5.46. The van der Waals surface area contributed by atoms with Crippen molar-refractivity contribution in [1.29, 1.82) is 0 Å². The Bertz CT molecular complexity index is 786. The standard InChI is InChI=1S/C23H25NO3/c1-25-21-11-13-23(14-12-21)27-18-16-24-20-7-9-22(10-8-20)26-17-15-19-5-3-2-4-6-19/h2-14,24H,15-18H2,1H3. The summed E-state index contributed by atoms with van der Waals surface area (Å²) in [6, 6.07) is 25.9. The Morgan fingerprint density at radius 3 is 1.93 bits per heavy atom. The Kier molecular flexibility index (Phi) is 6.99. The summed E-state index contributed by atoms with van der Waals surface area (Å²) in [5.74, 6) is 2.54. The molecule has 0 fully saturated rings. The molecule has 3 rings (SSSR count). The van der Waals surface area contributed by atoms with Gasteiger partial charge in [0.2, 0.25) is 0 Å². The average molecular weight is 363 g/mol. The monoisotopic (exact) mass is 363 g/mol. The lowest BCUT2D eigenvalue weighted by Gasteiger charge is -2.10. The molecule has 4 nitrogen and oxygen atoms in total. The fourth-order valence-electron chi connectivity index (χ4n) is 2.64. The Morgan fingerprint density at radius 1 is 0.667 bits per heavy atom. The molecular formula is C23H25NO3. The largest absolute Gasteiger partial charge is 0.497 e. The lowest BCUT2D eigenvalue weighted by molar-refractivity contribution is 0.322. The number of hydrogen-bond acceptors (Lipinski definition) is 4. The highest BCUT2D eigenvalue weighted by Crippen LogP contribution is 2.18. The van der Waals surface area contributed by atoms with Gasteiger partial charge in [0.05, 0.1) is 13.7 Å². The summed E-state index contributed by atoms with van der Waals surface area (Å²) in [7, 11) is 1.65. The Hall–Kier alpha value is -3.14. The fourth-order valence-corrected chi connectivity index (χ4v) is 2.64. The smallest absolute Gasteiger partial charge is 0.119 e. The number of nitrogens with one attached hydrogen (secondary N) is 1. The molecule has 27 heavy (non-hydrogen) atoms. The van der Waals surface area contributed by atoms with Crippen LogP contribution in [0.4, 0.5) is 5.69 Å². The lowest BCUT2D eigenvalue weighted by Crippen LogP contribution is -2.11. The second-order valence-corrected chi connectivity index (χ2v) is 6.06. The Balaban J connectivity index is 1.34. The highest BCUT2D eigenvalue weighted by Gasteiger charge is 1.98. The molecule has 3 aromatic rings. The molecule has 1 N–H and O–H groups in total. The van der Waals surface area contributed by atoms with E-state index in [-0.39, 0.29) is 0 Å². The first-order valence-electron chi connectivity index (χ1n) is 9.11. The minimum atomic E-state index is 0.585. The van der Waals surface area contributed by atoms with Crippen LogP contribution in [-0.4, -0.2) is 26.9 Å². The molecule has 0 heterocycles. The second-order valence-electron chi connectivity index (χ2n) is 6.06. The number of methoxy groups -OCH3 is 1. The minimum Gasteiger partial charge on any atom is -0.497 e. The van der Waals surface area contributed by atoms with Gasteiger partial charge in [0, 0.05) is 18.7 Å². The van der Waals surface area contributed by atoms with E-state index < -0.39 is 0 Å². The van der Waals surface area contributed by atoms with Crippen molar-refractivity contribution in [1.82, 2.24) is 0 Å². The molecule has 0 saturated carbocycles. The SMILES string of the molecule is COc1ccc(OCCNc2ccc(OCCc3ccccc3)cc2)cc1. The summed E-state index contributed by atoms with van der Waals surface area (Å²) in [6.45, 7) is 1.98. The van der Waals surface area contributed by atoms with Gasteiger partial charge in [-0.05, 0) is 54.1 Å². The van der Waals surface area contributed by atoms with Crippen LogP contribution in [0.15, 0.2) is 78.9 Å². The van der Waals surface area contributed by atoms with E-state index in [2.05, 4.69) is 17.4 Å². The maximum atomic E-state index is 5.80.